The predicted octanol–water partition coefficient (Wildman–Crippen LogP) is 4.06. The highest BCUT2D eigenvalue weighted by molar-refractivity contribution is 7.93. The first-order valence-corrected chi connectivity index (χ1v) is 11.5. The van der Waals surface area contributed by atoms with Crippen LogP contribution in [-0.4, -0.2) is 30.3 Å². The second-order valence-electron chi connectivity index (χ2n) is 8.83. The largest absolute Gasteiger partial charge is 0.386 e. The average molecular weight is 414 g/mol. The normalized spacial score (nSPS) is 25.8. The van der Waals surface area contributed by atoms with Gasteiger partial charge in [0.2, 0.25) is 0 Å². The van der Waals surface area contributed by atoms with Crippen molar-refractivity contribution in [3.63, 3.8) is 0 Å². The maximum atomic E-state index is 12.7. The zero-order valence-corrected chi connectivity index (χ0v) is 18.8. The first-order valence-electron chi connectivity index (χ1n) is 9.87. The molecule has 3 rings (SSSR count). The Morgan fingerprint density at radius 1 is 1.24 bits per heavy atom. The molecule has 29 heavy (non-hydrogen) atoms. The third-order valence-electron chi connectivity index (χ3n) is 6.14. The summed E-state index contributed by atoms with van der Waals surface area (Å²) >= 11 is 0. The van der Waals surface area contributed by atoms with Crippen molar-refractivity contribution in [1.29, 1.82) is 0 Å². The van der Waals surface area contributed by atoms with Gasteiger partial charge in [-0.05, 0) is 75.8 Å². The van der Waals surface area contributed by atoms with Crippen molar-refractivity contribution >= 4 is 21.4 Å². The lowest BCUT2D eigenvalue weighted by Crippen LogP contribution is -2.56. The van der Waals surface area contributed by atoms with E-state index in [4.69, 9.17) is 5.73 Å². The van der Waals surface area contributed by atoms with Gasteiger partial charge >= 0.3 is 0 Å². The van der Waals surface area contributed by atoms with E-state index in [-0.39, 0.29) is 11.6 Å². The molecule has 1 aromatic rings. The summed E-state index contributed by atoms with van der Waals surface area (Å²) in [6.07, 6.45) is 5.74. The fourth-order valence-electron chi connectivity index (χ4n) is 3.66. The van der Waals surface area contributed by atoms with E-state index in [0.717, 1.165) is 24.2 Å². The number of rotatable bonds is 3. The van der Waals surface area contributed by atoms with Crippen LogP contribution in [-0.2, 0) is 16.3 Å². The molecule has 0 fully saturated rings. The molecule has 0 unspecified atom stereocenters. The highest BCUT2D eigenvalue weighted by Gasteiger charge is 2.48. The SMILES string of the molecule is C=C(/C=C\C1=C(C)Nc2cc(C)ccc2CC1)[C@]1(C)CS(=O)(=O)C(C)(C)C(N)=N1. The number of benzene rings is 1. The lowest BCUT2D eigenvalue weighted by molar-refractivity contribution is 0.533. The Bertz CT molecular complexity index is 1060. The number of hydrogen-bond donors (Lipinski definition) is 2. The molecule has 5 nitrogen and oxygen atoms in total. The minimum atomic E-state index is -3.44. The van der Waals surface area contributed by atoms with Crippen LogP contribution in [0.1, 0.15) is 45.2 Å². The minimum Gasteiger partial charge on any atom is -0.386 e. The molecule has 0 amide bonds. The number of amidine groups is 1. The van der Waals surface area contributed by atoms with Gasteiger partial charge in [0.25, 0.3) is 0 Å². The van der Waals surface area contributed by atoms with Gasteiger partial charge in [0.05, 0.1) is 11.3 Å². The van der Waals surface area contributed by atoms with Gasteiger partial charge in [-0.15, -0.1) is 0 Å². The maximum absolute atomic E-state index is 12.7. The van der Waals surface area contributed by atoms with Crippen LogP contribution < -0.4 is 11.1 Å². The number of aliphatic imine (C=N–C) groups is 1. The molecule has 156 valence electrons. The molecule has 3 N–H and O–H groups in total. The number of fused-ring (bicyclic) bond motifs is 1. The van der Waals surface area contributed by atoms with Crippen LogP contribution in [0.2, 0.25) is 0 Å². The second kappa shape index (κ2) is 7.17. The van der Waals surface area contributed by atoms with E-state index in [1.54, 1.807) is 20.8 Å². The lowest BCUT2D eigenvalue weighted by Gasteiger charge is -2.38. The molecule has 0 radical (unpaired) electrons. The van der Waals surface area contributed by atoms with Crippen molar-refractivity contribution < 1.29 is 8.42 Å². The van der Waals surface area contributed by atoms with Gasteiger partial charge in [0.15, 0.2) is 9.84 Å². The zero-order valence-electron chi connectivity index (χ0n) is 18.0. The summed E-state index contributed by atoms with van der Waals surface area (Å²) in [6.45, 7) is 13.3. The molecule has 0 spiro atoms. The van der Waals surface area contributed by atoms with Crippen molar-refractivity contribution in [1.82, 2.24) is 0 Å². The molecule has 0 saturated heterocycles. The van der Waals surface area contributed by atoms with Crippen LogP contribution in [0.15, 0.2) is 58.8 Å². The third-order valence-corrected chi connectivity index (χ3v) is 8.85. The lowest BCUT2D eigenvalue weighted by atomic mass is 9.93. The minimum absolute atomic E-state index is 0.0993. The van der Waals surface area contributed by atoms with Gasteiger partial charge in [-0.25, -0.2) is 8.42 Å². The molecule has 1 aromatic carbocycles. The van der Waals surface area contributed by atoms with Gasteiger partial charge in [-0.3, -0.25) is 4.99 Å². The molecule has 2 heterocycles. The summed E-state index contributed by atoms with van der Waals surface area (Å²) in [7, 11) is -3.44. The number of hydrogen-bond acceptors (Lipinski definition) is 5. The summed E-state index contributed by atoms with van der Waals surface area (Å²) in [6, 6.07) is 6.47. The Labute approximate surface area is 174 Å². The van der Waals surface area contributed by atoms with Crippen LogP contribution in [0, 0.1) is 6.92 Å². The fraction of sp³-hybridized carbons (Fsp3) is 0.435. The maximum Gasteiger partial charge on any atom is 0.165 e. The summed E-state index contributed by atoms with van der Waals surface area (Å²) < 4.78 is 24.3. The van der Waals surface area contributed by atoms with Gasteiger partial charge in [0, 0.05) is 11.4 Å². The van der Waals surface area contributed by atoms with E-state index in [1.165, 1.54) is 16.7 Å². The summed E-state index contributed by atoms with van der Waals surface area (Å²) in [5, 5.41) is 3.51. The van der Waals surface area contributed by atoms with Crippen molar-refractivity contribution in [3.05, 3.63) is 64.9 Å². The number of nitrogens with zero attached hydrogens (tertiary/aromatic N) is 1. The second-order valence-corrected chi connectivity index (χ2v) is 11.4. The topological polar surface area (TPSA) is 84.5 Å². The van der Waals surface area contributed by atoms with Crippen molar-refractivity contribution in [3.8, 4) is 0 Å². The molecule has 1 atom stereocenters. The van der Waals surface area contributed by atoms with Gasteiger partial charge in [-0.1, -0.05) is 30.9 Å². The summed E-state index contributed by atoms with van der Waals surface area (Å²) in [5.41, 5.74) is 11.6. The van der Waals surface area contributed by atoms with Gasteiger partial charge in [-0.2, -0.15) is 0 Å². The van der Waals surface area contributed by atoms with Crippen molar-refractivity contribution in [2.45, 2.75) is 57.7 Å². The monoisotopic (exact) mass is 413 g/mol. The van der Waals surface area contributed by atoms with E-state index in [0.29, 0.717) is 5.57 Å². The Morgan fingerprint density at radius 2 is 1.93 bits per heavy atom. The van der Waals surface area contributed by atoms with Crippen LogP contribution in [0.25, 0.3) is 0 Å². The number of nitrogens with one attached hydrogen (secondary N) is 1. The van der Waals surface area contributed by atoms with Crippen LogP contribution in [0.4, 0.5) is 5.69 Å². The van der Waals surface area contributed by atoms with E-state index in [9.17, 15) is 8.42 Å². The van der Waals surface area contributed by atoms with E-state index < -0.39 is 20.1 Å². The molecule has 0 aliphatic carbocycles. The van der Waals surface area contributed by atoms with Crippen LogP contribution in [0.3, 0.4) is 0 Å². The summed E-state index contributed by atoms with van der Waals surface area (Å²) in [5.74, 6) is 0.0378. The molecule has 2 aliphatic rings. The number of sulfone groups is 1. The zero-order chi connectivity index (χ0) is 21.6. The van der Waals surface area contributed by atoms with E-state index in [1.807, 2.05) is 12.2 Å². The number of aryl methyl sites for hydroxylation is 2. The molecule has 6 heteroatoms. The molecular weight excluding hydrogens is 382 g/mol. The quantitative estimate of drug-likeness (QED) is 0.732. The van der Waals surface area contributed by atoms with E-state index >= 15 is 0 Å². The van der Waals surface area contributed by atoms with Gasteiger partial charge < -0.3 is 11.1 Å². The molecule has 2 aliphatic heterocycles. The fourth-order valence-corrected chi connectivity index (χ4v) is 5.37. The van der Waals surface area contributed by atoms with Crippen molar-refractivity contribution in [2.24, 2.45) is 10.7 Å². The summed E-state index contributed by atoms with van der Waals surface area (Å²) in [4.78, 5) is 4.54. The molecule has 0 saturated carbocycles. The Morgan fingerprint density at radius 3 is 2.59 bits per heavy atom. The van der Waals surface area contributed by atoms with E-state index in [2.05, 4.69) is 48.9 Å². The van der Waals surface area contributed by atoms with Crippen LogP contribution in [0.5, 0.6) is 0 Å². The smallest absolute Gasteiger partial charge is 0.165 e. The standard InChI is InChI=1S/C23H31N3O2S/c1-15-7-9-19-12-11-18(17(3)25-20(19)13-15)10-8-16(2)23(6)14-29(27,28)22(4,5)21(24)26-23/h7-10,13,25H,2,11-12,14H2,1,3-6H3,(H2,24,26)/b10-8-/t23-/m0/s1. The third kappa shape index (κ3) is 3.90. The number of anilines is 1. The number of allylic oxidation sites excluding steroid dienone is 3. The highest BCUT2D eigenvalue weighted by atomic mass is 32.2. The highest BCUT2D eigenvalue weighted by Crippen LogP contribution is 2.35. The molecular formula is C23H31N3O2S. The Balaban J connectivity index is 1.86. The number of nitrogens with two attached hydrogens (primary N) is 1. The van der Waals surface area contributed by atoms with Crippen molar-refractivity contribution in [2.75, 3.05) is 11.1 Å². The van der Waals surface area contributed by atoms with Crippen LogP contribution >= 0.6 is 0 Å². The van der Waals surface area contributed by atoms with Gasteiger partial charge in [0.1, 0.15) is 10.6 Å². The predicted molar refractivity (Wildman–Crippen MR) is 122 cm³/mol. The molecule has 0 aromatic heterocycles. The first-order chi connectivity index (χ1) is 13.4. The molecule has 0 bridgehead atoms. The Hall–Kier alpha value is -2.34. The first kappa shape index (κ1) is 21.4. The Kier molecular flexibility index (Phi) is 5.28. The average Bonchev–Trinajstić information content (AvgIpc) is 2.75.